The van der Waals surface area contributed by atoms with Crippen molar-refractivity contribution in [3.05, 3.63) is 42.7 Å². The molecule has 1 aromatic rings. The van der Waals surface area contributed by atoms with Gasteiger partial charge in [-0.15, -0.1) is 6.58 Å². The summed E-state index contributed by atoms with van der Waals surface area (Å²) in [6, 6.07) is 4.95. The van der Waals surface area contributed by atoms with Crippen molar-refractivity contribution in [3.8, 4) is 0 Å². The van der Waals surface area contributed by atoms with Crippen LogP contribution in [0.15, 0.2) is 37.2 Å². The van der Waals surface area contributed by atoms with Crippen molar-refractivity contribution in [2.45, 2.75) is 38.8 Å². The third-order valence-electron chi connectivity index (χ3n) is 2.52. The normalized spacial score (nSPS) is 14.5. The second-order valence-corrected chi connectivity index (χ2v) is 3.94. The first-order valence-electron chi connectivity index (χ1n) is 5.51. The predicted molar refractivity (Wildman–Crippen MR) is 64.7 cm³/mol. The van der Waals surface area contributed by atoms with Gasteiger partial charge in [-0.3, -0.25) is 4.98 Å². The molecule has 0 bridgehead atoms. The van der Waals surface area contributed by atoms with Gasteiger partial charge in [-0.2, -0.15) is 0 Å². The average Bonchev–Trinajstić information content (AvgIpc) is 2.27. The van der Waals surface area contributed by atoms with Crippen LogP contribution < -0.4 is 5.32 Å². The number of rotatable bonds is 6. The van der Waals surface area contributed by atoms with Crippen molar-refractivity contribution in [1.29, 1.82) is 0 Å². The first kappa shape index (κ1) is 11.9. The minimum atomic E-state index is 0.360. The standard InChI is InChI=1S/C13H20N2/c1-4-5-7-11(2)15-12(3)13-8-6-9-14-10-13/h4,6,8-12,15H,1,5,7H2,2-3H3. The van der Waals surface area contributed by atoms with E-state index in [1.54, 1.807) is 6.20 Å². The number of pyridine rings is 1. The molecule has 0 saturated heterocycles. The third-order valence-corrected chi connectivity index (χ3v) is 2.52. The number of nitrogens with zero attached hydrogens (tertiary/aromatic N) is 1. The maximum absolute atomic E-state index is 4.12. The second kappa shape index (κ2) is 6.36. The molecule has 2 atom stereocenters. The Morgan fingerprint density at radius 1 is 1.53 bits per heavy atom. The van der Waals surface area contributed by atoms with E-state index in [4.69, 9.17) is 0 Å². The first-order chi connectivity index (χ1) is 7.24. The van der Waals surface area contributed by atoms with Gasteiger partial charge in [0.2, 0.25) is 0 Å². The molecule has 0 spiro atoms. The topological polar surface area (TPSA) is 24.9 Å². The Bertz CT molecular complexity index is 282. The number of aromatic nitrogens is 1. The zero-order valence-corrected chi connectivity index (χ0v) is 9.61. The van der Waals surface area contributed by atoms with E-state index in [9.17, 15) is 0 Å². The van der Waals surface area contributed by atoms with Crippen molar-refractivity contribution >= 4 is 0 Å². The Kier molecular flexibility index (Phi) is 5.05. The van der Waals surface area contributed by atoms with Crippen LogP contribution in [0.25, 0.3) is 0 Å². The van der Waals surface area contributed by atoms with Crippen molar-refractivity contribution < 1.29 is 0 Å². The van der Waals surface area contributed by atoms with Crippen LogP contribution in [0.4, 0.5) is 0 Å². The van der Waals surface area contributed by atoms with E-state index in [0.717, 1.165) is 12.8 Å². The van der Waals surface area contributed by atoms with Gasteiger partial charge in [-0.05, 0) is 38.3 Å². The summed E-state index contributed by atoms with van der Waals surface area (Å²) in [7, 11) is 0. The fourth-order valence-corrected chi connectivity index (χ4v) is 1.61. The molecule has 0 aliphatic rings. The van der Waals surface area contributed by atoms with E-state index in [0.29, 0.717) is 12.1 Å². The second-order valence-electron chi connectivity index (χ2n) is 3.94. The molecule has 2 nitrogen and oxygen atoms in total. The summed E-state index contributed by atoms with van der Waals surface area (Å²) < 4.78 is 0. The quantitative estimate of drug-likeness (QED) is 0.720. The van der Waals surface area contributed by atoms with Gasteiger partial charge in [0.05, 0.1) is 0 Å². The van der Waals surface area contributed by atoms with Crippen LogP contribution in [0.1, 0.15) is 38.3 Å². The third kappa shape index (κ3) is 4.26. The van der Waals surface area contributed by atoms with Gasteiger partial charge >= 0.3 is 0 Å². The molecule has 2 heteroatoms. The molecule has 82 valence electrons. The van der Waals surface area contributed by atoms with Crippen LogP contribution in [0.2, 0.25) is 0 Å². The van der Waals surface area contributed by atoms with Crippen LogP contribution in [0, 0.1) is 0 Å². The average molecular weight is 204 g/mol. The highest BCUT2D eigenvalue weighted by Gasteiger charge is 2.08. The molecule has 0 fully saturated rings. The van der Waals surface area contributed by atoms with Gasteiger partial charge in [-0.25, -0.2) is 0 Å². The summed E-state index contributed by atoms with van der Waals surface area (Å²) in [5.41, 5.74) is 1.24. The molecular weight excluding hydrogens is 184 g/mol. The van der Waals surface area contributed by atoms with Crippen molar-refractivity contribution in [2.24, 2.45) is 0 Å². The monoisotopic (exact) mass is 204 g/mol. The summed E-state index contributed by atoms with van der Waals surface area (Å²) in [5, 5.41) is 3.54. The summed E-state index contributed by atoms with van der Waals surface area (Å²) in [6.45, 7) is 8.10. The zero-order valence-electron chi connectivity index (χ0n) is 9.61. The summed E-state index contributed by atoms with van der Waals surface area (Å²) in [4.78, 5) is 4.12. The Hall–Kier alpha value is -1.15. The van der Waals surface area contributed by atoms with Crippen molar-refractivity contribution in [2.75, 3.05) is 0 Å². The van der Waals surface area contributed by atoms with E-state index in [1.165, 1.54) is 5.56 Å². The molecule has 0 radical (unpaired) electrons. The van der Waals surface area contributed by atoms with E-state index in [2.05, 4.69) is 36.8 Å². The molecule has 15 heavy (non-hydrogen) atoms. The Balaban J connectivity index is 2.41. The molecule has 0 amide bonds. The van der Waals surface area contributed by atoms with Gasteiger partial charge in [0.15, 0.2) is 0 Å². The van der Waals surface area contributed by atoms with Crippen LogP contribution >= 0.6 is 0 Å². The van der Waals surface area contributed by atoms with E-state index in [-0.39, 0.29) is 0 Å². The smallest absolute Gasteiger partial charge is 0.0315 e. The molecule has 1 heterocycles. The van der Waals surface area contributed by atoms with E-state index in [1.807, 2.05) is 18.3 Å². The highest BCUT2D eigenvalue weighted by atomic mass is 14.9. The molecule has 1 aromatic heterocycles. The Morgan fingerprint density at radius 2 is 2.33 bits per heavy atom. The highest BCUT2D eigenvalue weighted by molar-refractivity contribution is 5.12. The lowest BCUT2D eigenvalue weighted by Crippen LogP contribution is -2.28. The molecule has 0 aromatic carbocycles. The fraction of sp³-hybridized carbons (Fsp3) is 0.462. The molecule has 1 N–H and O–H groups in total. The van der Waals surface area contributed by atoms with Gasteiger partial charge in [-0.1, -0.05) is 12.1 Å². The minimum absolute atomic E-state index is 0.360. The number of allylic oxidation sites excluding steroid dienone is 1. The number of hydrogen-bond donors (Lipinski definition) is 1. The Labute approximate surface area is 92.4 Å². The van der Waals surface area contributed by atoms with Crippen LogP contribution in [-0.2, 0) is 0 Å². The lowest BCUT2D eigenvalue weighted by Gasteiger charge is -2.19. The molecule has 0 aliphatic heterocycles. The van der Waals surface area contributed by atoms with E-state index >= 15 is 0 Å². The molecule has 1 rings (SSSR count). The van der Waals surface area contributed by atoms with Crippen LogP contribution in [-0.4, -0.2) is 11.0 Å². The van der Waals surface area contributed by atoms with Gasteiger partial charge in [0, 0.05) is 24.5 Å². The van der Waals surface area contributed by atoms with Crippen molar-refractivity contribution in [3.63, 3.8) is 0 Å². The molecular formula is C13H20N2. The number of hydrogen-bond acceptors (Lipinski definition) is 2. The minimum Gasteiger partial charge on any atom is -0.308 e. The van der Waals surface area contributed by atoms with Crippen LogP contribution in [0.3, 0.4) is 0 Å². The maximum Gasteiger partial charge on any atom is 0.0315 e. The molecule has 0 aliphatic carbocycles. The first-order valence-corrected chi connectivity index (χ1v) is 5.51. The van der Waals surface area contributed by atoms with Crippen LogP contribution in [0.5, 0.6) is 0 Å². The summed E-state index contributed by atoms with van der Waals surface area (Å²) in [6.07, 6.45) is 7.88. The van der Waals surface area contributed by atoms with E-state index < -0.39 is 0 Å². The summed E-state index contributed by atoms with van der Waals surface area (Å²) >= 11 is 0. The lowest BCUT2D eigenvalue weighted by molar-refractivity contribution is 0.458. The largest absolute Gasteiger partial charge is 0.308 e. The SMILES string of the molecule is C=CCCC(C)NC(C)c1cccnc1. The molecule has 0 saturated carbocycles. The summed E-state index contributed by atoms with van der Waals surface area (Å²) in [5.74, 6) is 0. The van der Waals surface area contributed by atoms with Gasteiger partial charge in [0.1, 0.15) is 0 Å². The zero-order chi connectivity index (χ0) is 11.1. The maximum atomic E-state index is 4.12. The highest BCUT2D eigenvalue weighted by Crippen LogP contribution is 2.12. The van der Waals surface area contributed by atoms with Gasteiger partial charge < -0.3 is 5.32 Å². The Morgan fingerprint density at radius 3 is 2.93 bits per heavy atom. The number of nitrogens with one attached hydrogen (secondary N) is 1. The predicted octanol–water partition coefficient (Wildman–Crippen LogP) is 3.09. The molecule has 2 unspecified atom stereocenters. The van der Waals surface area contributed by atoms with Gasteiger partial charge in [0.25, 0.3) is 0 Å². The lowest BCUT2D eigenvalue weighted by atomic mass is 10.1. The van der Waals surface area contributed by atoms with Crippen molar-refractivity contribution in [1.82, 2.24) is 10.3 Å². The fourth-order valence-electron chi connectivity index (χ4n) is 1.61.